The zero-order valence-corrected chi connectivity index (χ0v) is 19.7. The minimum absolute atomic E-state index is 0.0464. The topological polar surface area (TPSA) is 175 Å². The number of halogens is 3. The van der Waals surface area contributed by atoms with Gasteiger partial charge in [0.2, 0.25) is 5.60 Å². The van der Waals surface area contributed by atoms with Crippen LogP contribution in [0.4, 0.5) is 13.2 Å². The normalized spacial score (nSPS) is 17.2. The fourth-order valence-corrected chi connectivity index (χ4v) is 4.03. The molecule has 3 heterocycles. The van der Waals surface area contributed by atoms with Crippen LogP contribution >= 0.6 is 0 Å². The van der Waals surface area contributed by atoms with Crippen molar-refractivity contribution in [1.29, 1.82) is 5.26 Å². The Labute approximate surface area is 202 Å². The number of hydrogen-bond acceptors (Lipinski definition) is 7. The van der Waals surface area contributed by atoms with Crippen molar-refractivity contribution < 1.29 is 40.6 Å². The van der Waals surface area contributed by atoms with E-state index in [2.05, 4.69) is 10.1 Å². The maximum Gasteiger partial charge on any atom is 0.394 e. The molecule has 16 heteroatoms. The number of carbonyl (C=O) groups is 1. The van der Waals surface area contributed by atoms with Gasteiger partial charge in [0.05, 0.1) is 41.6 Å². The Bertz CT molecular complexity index is 1440. The van der Waals surface area contributed by atoms with Crippen LogP contribution in [0.2, 0.25) is 0 Å². The number of fused-ring (bicyclic) bond motifs is 2. The molecule has 0 spiro atoms. The number of aliphatic hydroxyl groups is 1. The van der Waals surface area contributed by atoms with Crippen molar-refractivity contribution >= 4 is 27.2 Å². The standard InChI is InChI=1S/C20H19F3N6O2.H2O4S/c1-11-8-28(9-13-7-25-19(29(11)13)20(31,10-21)18(22)23)17(30)16-14-4-3-12(6-24)5-15(14)26-27(16)2;1-5(2,3)4/h3-5,7,11,18,31H,8-10H2,1-2H3;(H2,1,2,3,4). The molecule has 0 fully saturated rings. The molecule has 12 nitrogen and oxygen atoms in total. The van der Waals surface area contributed by atoms with E-state index in [0.29, 0.717) is 27.9 Å². The second-order valence-corrected chi connectivity index (χ2v) is 9.00. The van der Waals surface area contributed by atoms with E-state index in [-0.39, 0.29) is 19.0 Å². The molecule has 0 bridgehead atoms. The van der Waals surface area contributed by atoms with Gasteiger partial charge in [0, 0.05) is 19.0 Å². The van der Waals surface area contributed by atoms with E-state index < -0.39 is 41.0 Å². The van der Waals surface area contributed by atoms with Gasteiger partial charge in [-0.2, -0.15) is 18.8 Å². The first-order valence-corrected chi connectivity index (χ1v) is 11.6. The zero-order chi connectivity index (χ0) is 27.0. The van der Waals surface area contributed by atoms with Crippen molar-refractivity contribution in [3.63, 3.8) is 0 Å². The summed E-state index contributed by atoms with van der Waals surface area (Å²) < 4.78 is 74.4. The van der Waals surface area contributed by atoms with Crippen molar-refractivity contribution in [2.24, 2.45) is 7.05 Å². The molecule has 1 amide bonds. The highest BCUT2D eigenvalue weighted by molar-refractivity contribution is 7.79. The number of aryl methyl sites for hydroxylation is 1. The second kappa shape index (κ2) is 9.85. The second-order valence-electron chi connectivity index (χ2n) is 8.10. The van der Waals surface area contributed by atoms with E-state index >= 15 is 0 Å². The van der Waals surface area contributed by atoms with Crippen LogP contribution in [0.3, 0.4) is 0 Å². The van der Waals surface area contributed by atoms with Gasteiger partial charge in [0.15, 0.2) is 0 Å². The summed E-state index contributed by atoms with van der Waals surface area (Å²) >= 11 is 0. The number of imidazole rings is 1. The van der Waals surface area contributed by atoms with Gasteiger partial charge in [-0.1, -0.05) is 0 Å². The minimum atomic E-state index is -4.67. The highest BCUT2D eigenvalue weighted by Gasteiger charge is 2.46. The third kappa shape index (κ3) is 5.18. The summed E-state index contributed by atoms with van der Waals surface area (Å²) in [5, 5.41) is 24.1. The Morgan fingerprint density at radius 2 is 2.00 bits per heavy atom. The average molecular weight is 530 g/mol. The molecule has 0 aliphatic carbocycles. The Morgan fingerprint density at radius 1 is 1.36 bits per heavy atom. The van der Waals surface area contributed by atoms with Gasteiger partial charge < -0.3 is 14.6 Å². The number of nitriles is 1. The number of nitrogens with zero attached hydrogens (tertiary/aromatic N) is 6. The van der Waals surface area contributed by atoms with Crippen molar-refractivity contribution in [3.05, 3.63) is 47.2 Å². The number of alkyl halides is 3. The van der Waals surface area contributed by atoms with Crippen LogP contribution in [-0.2, 0) is 29.6 Å². The first-order chi connectivity index (χ1) is 16.7. The Morgan fingerprint density at radius 3 is 2.56 bits per heavy atom. The first kappa shape index (κ1) is 27.1. The lowest BCUT2D eigenvalue weighted by Gasteiger charge is -2.35. The molecule has 3 aromatic rings. The molecule has 1 aromatic carbocycles. The summed E-state index contributed by atoms with van der Waals surface area (Å²) in [4.78, 5) is 18.7. The van der Waals surface area contributed by atoms with Gasteiger partial charge in [0.1, 0.15) is 18.2 Å². The maximum absolute atomic E-state index is 13.3. The molecular formula is C20H21F3N6O6S. The molecule has 1 aliphatic rings. The number of aromatic nitrogens is 4. The fourth-order valence-electron chi connectivity index (χ4n) is 4.03. The number of carbonyl (C=O) groups excluding carboxylic acids is 1. The Balaban J connectivity index is 0.000000658. The van der Waals surface area contributed by atoms with Crippen LogP contribution in [0.15, 0.2) is 24.4 Å². The Kier molecular flexibility index (Phi) is 7.41. The van der Waals surface area contributed by atoms with E-state index in [4.69, 9.17) is 22.8 Å². The van der Waals surface area contributed by atoms with Crippen LogP contribution in [0, 0.1) is 11.3 Å². The highest BCUT2D eigenvalue weighted by atomic mass is 32.3. The van der Waals surface area contributed by atoms with Crippen LogP contribution in [-0.4, -0.2) is 72.4 Å². The summed E-state index contributed by atoms with van der Waals surface area (Å²) in [7, 11) is -3.04. The minimum Gasteiger partial charge on any atom is -0.374 e. The summed E-state index contributed by atoms with van der Waals surface area (Å²) in [5.41, 5.74) is -1.34. The SMILES string of the molecule is CC1CN(C(=O)c2c3ccc(C#N)cc3nn2C)Cc2cnc(C(O)(CF)C(F)F)n21.O=S(=O)(O)O. The van der Waals surface area contributed by atoms with Crippen LogP contribution in [0.25, 0.3) is 10.9 Å². The van der Waals surface area contributed by atoms with E-state index in [1.54, 1.807) is 32.2 Å². The largest absolute Gasteiger partial charge is 0.394 e. The molecule has 0 saturated carbocycles. The van der Waals surface area contributed by atoms with Gasteiger partial charge >= 0.3 is 10.4 Å². The van der Waals surface area contributed by atoms with Gasteiger partial charge in [-0.05, 0) is 25.1 Å². The molecule has 2 aromatic heterocycles. The smallest absolute Gasteiger partial charge is 0.374 e. The summed E-state index contributed by atoms with van der Waals surface area (Å²) in [6, 6.07) is 6.36. The molecule has 2 unspecified atom stereocenters. The lowest BCUT2D eigenvalue weighted by Crippen LogP contribution is -2.45. The van der Waals surface area contributed by atoms with Gasteiger partial charge in [0.25, 0.3) is 12.3 Å². The van der Waals surface area contributed by atoms with E-state index in [1.165, 1.54) is 20.3 Å². The monoisotopic (exact) mass is 530 g/mol. The molecule has 0 saturated heterocycles. The van der Waals surface area contributed by atoms with E-state index in [9.17, 15) is 23.1 Å². The van der Waals surface area contributed by atoms with Crippen molar-refractivity contribution in [2.75, 3.05) is 13.2 Å². The summed E-state index contributed by atoms with van der Waals surface area (Å²) in [5.74, 6) is -0.778. The summed E-state index contributed by atoms with van der Waals surface area (Å²) in [6.07, 6.45) is -2.08. The van der Waals surface area contributed by atoms with Crippen LogP contribution in [0.1, 0.15) is 40.5 Å². The molecule has 1 aliphatic heterocycles. The maximum atomic E-state index is 13.3. The zero-order valence-electron chi connectivity index (χ0n) is 18.9. The van der Waals surface area contributed by atoms with Crippen LogP contribution in [0.5, 0.6) is 0 Å². The lowest BCUT2D eigenvalue weighted by atomic mass is 10.0. The highest BCUT2D eigenvalue weighted by Crippen LogP contribution is 2.34. The number of rotatable bonds is 4. The third-order valence-corrected chi connectivity index (χ3v) is 5.56. The molecule has 194 valence electrons. The van der Waals surface area contributed by atoms with Crippen LogP contribution < -0.4 is 0 Å². The predicted octanol–water partition coefficient (Wildman–Crippen LogP) is 1.63. The van der Waals surface area contributed by atoms with Crippen molar-refractivity contribution in [3.8, 4) is 6.07 Å². The van der Waals surface area contributed by atoms with Crippen molar-refractivity contribution in [1.82, 2.24) is 24.2 Å². The molecule has 0 radical (unpaired) electrons. The third-order valence-electron chi connectivity index (χ3n) is 5.56. The Hall–Kier alpha value is -3.52. The molecular weight excluding hydrogens is 509 g/mol. The van der Waals surface area contributed by atoms with Crippen molar-refractivity contribution in [2.45, 2.75) is 31.5 Å². The molecule has 36 heavy (non-hydrogen) atoms. The molecule has 2 atom stereocenters. The lowest BCUT2D eigenvalue weighted by molar-refractivity contribution is -0.122. The van der Waals surface area contributed by atoms with E-state index in [0.717, 1.165) is 0 Å². The fraction of sp³-hybridized carbons (Fsp3) is 0.400. The van der Waals surface area contributed by atoms with Gasteiger partial charge in [-0.3, -0.25) is 18.6 Å². The van der Waals surface area contributed by atoms with Gasteiger partial charge in [-0.15, -0.1) is 0 Å². The predicted molar refractivity (Wildman–Crippen MR) is 117 cm³/mol. The average Bonchev–Trinajstić information content (AvgIpc) is 3.37. The van der Waals surface area contributed by atoms with Gasteiger partial charge in [-0.25, -0.2) is 18.2 Å². The molecule has 3 N–H and O–H groups in total. The van der Waals surface area contributed by atoms with E-state index in [1.807, 2.05) is 6.07 Å². The quantitative estimate of drug-likeness (QED) is 0.423. The number of amides is 1. The number of benzene rings is 1. The number of hydrogen-bond donors (Lipinski definition) is 3. The summed E-state index contributed by atoms with van der Waals surface area (Å²) in [6.45, 7) is 0.190. The first-order valence-electron chi connectivity index (χ1n) is 10.2. The molecule has 4 rings (SSSR count).